The maximum atomic E-state index is 12.3. The Hall–Kier alpha value is -2.90. The van der Waals surface area contributed by atoms with Gasteiger partial charge in [-0.2, -0.15) is 0 Å². The first-order valence-corrected chi connectivity index (χ1v) is 7.93. The monoisotopic (exact) mass is 347 g/mol. The van der Waals surface area contributed by atoms with E-state index in [2.05, 4.69) is 5.32 Å². The highest BCUT2D eigenvalue weighted by atomic mass is 16.5. The Labute approximate surface area is 145 Å². The number of ether oxygens (including phenoxy) is 1. The average Bonchev–Trinajstić information content (AvgIpc) is 2.76. The molecular weight excluding hydrogens is 326 g/mol. The number of hydrogen-bond donors (Lipinski definition) is 1. The van der Waals surface area contributed by atoms with Crippen LogP contribution in [0.5, 0.6) is 5.75 Å². The number of hydrogen-bond acceptors (Lipinski definition) is 5. The van der Waals surface area contributed by atoms with Gasteiger partial charge in [0.2, 0.25) is 5.91 Å². The van der Waals surface area contributed by atoms with Gasteiger partial charge in [-0.25, -0.2) is 9.69 Å². The van der Waals surface area contributed by atoms with Crippen LogP contribution in [0, 0.1) is 0 Å². The standard InChI is InChI=1S/C17H21N3O5/c1-11(2)18-14(21)10-20-16(23)15(22)19(17(20)24)9-8-12-4-6-13(25-3)7-5-12/h4-7,11H,8-10H2,1-3H3,(H,18,21). The molecule has 0 aliphatic carbocycles. The number of nitrogens with one attached hydrogen (secondary N) is 1. The minimum absolute atomic E-state index is 0.0675. The van der Waals surface area contributed by atoms with E-state index in [9.17, 15) is 19.2 Å². The number of benzene rings is 1. The number of urea groups is 1. The van der Waals surface area contributed by atoms with Crippen LogP contribution in [-0.4, -0.2) is 59.8 Å². The topological polar surface area (TPSA) is 96.0 Å². The Kier molecular flexibility index (Phi) is 5.74. The lowest BCUT2D eigenvalue weighted by atomic mass is 10.1. The molecule has 8 heteroatoms. The van der Waals surface area contributed by atoms with Crippen LogP contribution in [0.4, 0.5) is 4.79 Å². The van der Waals surface area contributed by atoms with Crippen molar-refractivity contribution in [2.75, 3.05) is 20.2 Å². The summed E-state index contributed by atoms with van der Waals surface area (Å²) in [6.07, 6.45) is 0.404. The third-order valence-corrected chi connectivity index (χ3v) is 3.67. The number of rotatable bonds is 7. The first kappa shape index (κ1) is 18.4. The molecule has 1 N–H and O–H groups in total. The van der Waals surface area contributed by atoms with Crippen molar-refractivity contribution < 1.29 is 23.9 Å². The molecule has 1 heterocycles. The van der Waals surface area contributed by atoms with E-state index in [1.165, 1.54) is 0 Å². The molecule has 5 amide bonds. The van der Waals surface area contributed by atoms with Crippen LogP contribution >= 0.6 is 0 Å². The number of carbonyl (C=O) groups is 4. The quantitative estimate of drug-likeness (QED) is 0.574. The smallest absolute Gasteiger partial charge is 0.334 e. The number of imide groups is 2. The van der Waals surface area contributed by atoms with Crippen molar-refractivity contribution >= 4 is 23.8 Å². The molecule has 1 saturated heterocycles. The van der Waals surface area contributed by atoms with Crippen molar-refractivity contribution in [3.63, 3.8) is 0 Å². The number of methoxy groups -OCH3 is 1. The molecule has 0 atom stereocenters. The summed E-state index contributed by atoms with van der Waals surface area (Å²) in [5, 5.41) is 2.58. The highest BCUT2D eigenvalue weighted by Crippen LogP contribution is 2.15. The maximum Gasteiger partial charge on any atom is 0.334 e. The normalized spacial score (nSPS) is 14.5. The van der Waals surface area contributed by atoms with E-state index in [1.54, 1.807) is 33.1 Å². The van der Waals surface area contributed by atoms with E-state index < -0.39 is 30.3 Å². The van der Waals surface area contributed by atoms with Gasteiger partial charge in [-0.3, -0.25) is 19.3 Å². The zero-order chi connectivity index (χ0) is 18.6. The van der Waals surface area contributed by atoms with Gasteiger partial charge >= 0.3 is 17.8 Å². The van der Waals surface area contributed by atoms with Gasteiger partial charge in [0.1, 0.15) is 12.3 Å². The molecule has 134 valence electrons. The van der Waals surface area contributed by atoms with Crippen molar-refractivity contribution in [2.45, 2.75) is 26.3 Å². The summed E-state index contributed by atoms with van der Waals surface area (Å²) in [7, 11) is 1.56. The van der Waals surface area contributed by atoms with Gasteiger partial charge in [0.15, 0.2) is 0 Å². The van der Waals surface area contributed by atoms with Gasteiger partial charge < -0.3 is 10.1 Å². The number of nitrogens with zero attached hydrogens (tertiary/aromatic N) is 2. The van der Waals surface area contributed by atoms with E-state index in [-0.39, 0.29) is 12.6 Å². The Morgan fingerprint density at radius 2 is 1.68 bits per heavy atom. The van der Waals surface area contributed by atoms with Crippen molar-refractivity contribution in [2.24, 2.45) is 0 Å². The highest BCUT2D eigenvalue weighted by Gasteiger charge is 2.44. The molecule has 0 saturated carbocycles. The van der Waals surface area contributed by atoms with Gasteiger partial charge in [-0.15, -0.1) is 0 Å². The van der Waals surface area contributed by atoms with E-state index in [1.807, 2.05) is 12.1 Å². The van der Waals surface area contributed by atoms with E-state index in [4.69, 9.17) is 4.74 Å². The van der Waals surface area contributed by atoms with Gasteiger partial charge in [0.25, 0.3) is 0 Å². The lowest BCUT2D eigenvalue weighted by molar-refractivity contribution is -0.144. The minimum atomic E-state index is -0.973. The van der Waals surface area contributed by atoms with Gasteiger partial charge in [-0.05, 0) is 38.0 Å². The van der Waals surface area contributed by atoms with Crippen LogP contribution in [0.15, 0.2) is 24.3 Å². The average molecular weight is 347 g/mol. The van der Waals surface area contributed by atoms with Crippen LogP contribution in [0.1, 0.15) is 19.4 Å². The molecule has 1 aliphatic heterocycles. The summed E-state index contributed by atoms with van der Waals surface area (Å²) in [6, 6.07) is 6.30. The molecule has 0 spiro atoms. The molecule has 0 unspecified atom stereocenters. The summed E-state index contributed by atoms with van der Waals surface area (Å²) in [5.74, 6) is -1.66. The SMILES string of the molecule is COc1ccc(CCN2C(=O)C(=O)N(CC(=O)NC(C)C)C2=O)cc1. The number of amides is 5. The second-order valence-corrected chi connectivity index (χ2v) is 5.95. The lowest BCUT2D eigenvalue weighted by Gasteiger charge is -2.16. The molecule has 2 rings (SSSR count). The van der Waals surface area contributed by atoms with E-state index in [0.717, 1.165) is 10.5 Å². The fourth-order valence-electron chi connectivity index (χ4n) is 2.43. The van der Waals surface area contributed by atoms with Crippen LogP contribution in [0.3, 0.4) is 0 Å². The predicted molar refractivity (Wildman–Crippen MR) is 88.8 cm³/mol. The van der Waals surface area contributed by atoms with Crippen LogP contribution < -0.4 is 10.1 Å². The summed E-state index contributed by atoms with van der Waals surface area (Å²) >= 11 is 0. The predicted octanol–water partition coefficient (Wildman–Crippen LogP) is 0.553. The Morgan fingerprint density at radius 3 is 2.24 bits per heavy atom. The van der Waals surface area contributed by atoms with Crippen LogP contribution in [0.25, 0.3) is 0 Å². The van der Waals surface area contributed by atoms with E-state index in [0.29, 0.717) is 17.1 Å². The molecular formula is C17H21N3O5. The zero-order valence-electron chi connectivity index (χ0n) is 14.4. The zero-order valence-corrected chi connectivity index (χ0v) is 14.4. The van der Waals surface area contributed by atoms with Gasteiger partial charge in [-0.1, -0.05) is 12.1 Å². The van der Waals surface area contributed by atoms with Gasteiger partial charge in [0.05, 0.1) is 7.11 Å². The van der Waals surface area contributed by atoms with E-state index >= 15 is 0 Å². The molecule has 0 aromatic heterocycles. The third-order valence-electron chi connectivity index (χ3n) is 3.67. The first-order valence-electron chi connectivity index (χ1n) is 7.93. The largest absolute Gasteiger partial charge is 0.497 e. The molecule has 1 fully saturated rings. The molecule has 8 nitrogen and oxygen atoms in total. The molecule has 25 heavy (non-hydrogen) atoms. The third kappa shape index (κ3) is 4.34. The first-order chi connectivity index (χ1) is 11.8. The molecule has 1 aliphatic rings. The minimum Gasteiger partial charge on any atom is -0.497 e. The second kappa shape index (κ2) is 7.78. The molecule has 0 bridgehead atoms. The summed E-state index contributed by atoms with van der Waals surface area (Å²) < 4.78 is 5.07. The van der Waals surface area contributed by atoms with Crippen LogP contribution in [-0.2, 0) is 20.8 Å². The fraction of sp³-hybridized carbons (Fsp3) is 0.412. The molecule has 0 radical (unpaired) electrons. The maximum absolute atomic E-state index is 12.3. The van der Waals surface area contributed by atoms with Crippen molar-refractivity contribution in [3.8, 4) is 5.75 Å². The van der Waals surface area contributed by atoms with Gasteiger partial charge in [0, 0.05) is 12.6 Å². The Balaban J connectivity index is 1.99. The summed E-state index contributed by atoms with van der Waals surface area (Å²) in [4.78, 5) is 49.6. The molecule has 1 aromatic carbocycles. The molecule has 1 aromatic rings. The van der Waals surface area contributed by atoms with Crippen molar-refractivity contribution in [3.05, 3.63) is 29.8 Å². The van der Waals surface area contributed by atoms with Crippen molar-refractivity contribution in [1.29, 1.82) is 0 Å². The number of carbonyl (C=O) groups excluding carboxylic acids is 4. The lowest BCUT2D eigenvalue weighted by Crippen LogP contribution is -2.43. The summed E-state index contributed by atoms with van der Waals surface area (Å²) in [6.45, 7) is 3.13. The highest BCUT2D eigenvalue weighted by molar-refractivity contribution is 6.45. The van der Waals surface area contributed by atoms with Crippen LogP contribution in [0.2, 0.25) is 0 Å². The second-order valence-electron chi connectivity index (χ2n) is 5.95. The Morgan fingerprint density at radius 1 is 1.08 bits per heavy atom. The summed E-state index contributed by atoms with van der Waals surface area (Å²) in [5.41, 5.74) is 0.893. The Bertz CT molecular complexity index is 684. The fourth-order valence-corrected chi connectivity index (χ4v) is 2.43. The van der Waals surface area contributed by atoms with Crippen molar-refractivity contribution in [1.82, 2.24) is 15.1 Å².